The summed E-state index contributed by atoms with van der Waals surface area (Å²) in [7, 11) is -4.09. The molecule has 1 atom stereocenters. The Labute approximate surface area is 71.1 Å². The van der Waals surface area contributed by atoms with Gasteiger partial charge in [0, 0.05) is 13.0 Å². The fourth-order valence-corrected chi connectivity index (χ4v) is 2.40. The van der Waals surface area contributed by atoms with Gasteiger partial charge in [0.2, 0.25) is 5.91 Å². The van der Waals surface area contributed by atoms with Crippen molar-refractivity contribution in [3.63, 3.8) is 0 Å². The molecule has 1 heterocycles. The summed E-state index contributed by atoms with van der Waals surface area (Å²) in [6.45, 7) is 2.00. The van der Waals surface area contributed by atoms with Gasteiger partial charge >= 0.3 is 0 Å². The molecule has 1 amide bonds. The number of carbonyl (C=O) groups is 1. The zero-order valence-corrected chi connectivity index (χ0v) is 7.54. The molecular weight excluding hydrogens is 182 g/mol. The lowest BCUT2D eigenvalue weighted by atomic mass is 10.4. The van der Waals surface area contributed by atoms with Crippen LogP contribution in [-0.2, 0) is 14.9 Å². The Morgan fingerprint density at radius 1 is 1.67 bits per heavy atom. The molecule has 0 aliphatic carbocycles. The van der Waals surface area contributed by atoms with Crippen LogP contribution >= 0.6 is 0 Å². The highest BCUT2D eigenvalue weighted by Gasteiger charge is 2.37. The largest absolute Gasteiger partial charge is 0.324 e. The summed E-state index contributed by atoms with van der Waals surface area (Å²) in [5, 5.41) is -1.02. The Balaban J connectivity index is 2.88. The van der Waals surface area contributed by atoms with Crippen molar-refractivity contribution < 1.29 is 17.8 Å². The lowest BCUT2D eigenvalue weighted by Crippen LogP contribution is -2.37. The molecule has 1 fully saturated rings. The standard InChI is InChI=1S/C6H11NO4S/c1-2-7-5(8)3-4-6(7)12(9,10)11/h6H,2-4H2,1H3,(H,9,10,11). The first-order valence-corrected chi connectivity index (χ1v) is 5.23. The molecule has 0 bridgehead atoms. The third-order valence-electron chi connectivity index (χ3n) is 1.96. The second kappa shape index (κ2) is 3.02. The predicted octanol–water partition coefficient (Wildman–Crippen LogP) is -0.157. The highest BCUT2D eigenvalue weighted by molar-refractivity contribution is 7.86. The first kappa shape index (κ1) is 9.47. The van der Waals surface area contributed by atoms with E-state index in [0.717, 1.165) is 0 Å². The summed E-state index contributed by atoms with van der Waals surface area (Å²) in [5.74, 6) is -0.208. The third kappa shape index (κ3) is 1.59. The number of carbonyl (C=O) groups excluding carboxylic acids is 1. The minimum atomic E-state index is -4.09. The zero-order valence-electron chi connectivity index (χ0n) is 6.73. The van der Waals surface area contributed by atoms with Gasteiger partial charge in [-0.1, -0.05) is 0 Å². The van der Waals surface area contributed by atoms with Gasteiger partial charge in [-0.3, -0.25) is 9.35 Å². The number of likely N-dealkylation sites (tertiary alicyclic amines) is 1. The minimum Gasteiger partial charge on any atom is -0.324 e. The summed E-state index contributed by atoms with van der Waals surface area (Å²) >= 11 is 0. The molecule has 1 aliphatic heterocycles. The fraction of sp³-hybridized carbons (Fsp3) is 0.833. The molecule has 70 valence electrons. The predicted molar refractivity (Wildman–Crippen MR) is 42.0 cm³/mol. The monoisotopic (exact) mass is 193 g/mol. The van der Waals surface area contributed by atoms with Gasteiger partial charge in [0.15, 0.2) is 5.37 Å². The van der Waals surface area contributed by atoms with E-state index in [1.165, 1.54) is 4.90 Å². The Hall–Kier alpha value is -0.620. The number of hydrogen-bond acceptors (Lipinski definition) is 3. The van der Waals surface area contributed by atoms with Crippen LogP contribution in [0, 0.1) is 0 Å². The number of nitrogens with zero attached hydrogens (tertiary/aromatic N) is 1. The first-order chi connectivity index (χ1) is 5.46. The molecule has 6 heteroatoms. The zero-order chi connectivity index (χ0) is 9.35. The summed E-state index contributed by atoms with van der Waals surface area (Å²) in [6, 6.07) is 0. The van der Waals surface area contributed by atoms with Gasteiger partial charge in [0.05, 0.1) is 0 Å². The number of rotatable bonds is 2. The van der Waals surface area contributed by atoms with E-state index in [2.05, 4.69) is 0 Å². The maximum absolute atomic E-state index is 11.0. The van der Waals surface area contributed by atoms with Crippen molar-refractivity contribution in [2.45, 2.75) is 25.1 Å². The average molecular weight is 193 g/mol. The quantitative estimate of drug-likeness (QED) is 0.618. The smallest absolute Gasteiger partial charge is 0.286 e. The SMILES string of the molecule is CCN1C(=O)CCC1S(=O)(=O)O. The van der Waals surface area contributed by atoms with Crippen LogP contribution in [0.2, 0.25) is 0 Å². The molecule has 5 nitrogen and oxygen atoms in total. The van der Waals surface area contributed by atoms with E-state index >= 15 is 0 Å². The summed E-state index contributed by atoms with van der Waals surface area (Å²) in [4.78, 5) is 12.2. The van der Waals surface area contributed by atoms with E-state index in [1.807, 2.05) is 0 Å². The second-order valence-electron chi connectivity index (χ2n) is 2.69. The van der Waals surface area contributed by atoms with Crippen LogP contribution in [0.1, 0.15) is 19.8 Å². The Morgan fingerprint density at radius 2 is 2.25 bits per heavy atom. The van der Waals surface area contributed by atoms with Gasteiger partial charge in [-0.15, -0.1) is 0 Å². The molecule has 1 N–H and O–H groups in total. The number of hydrogen-bond donors (Lipinski definition) is 1. The Morgan fingerprint density at radius 3 is 2.58 bits per heavy atom. The molecule has 1 rings (SSSR count). The van der Waals surface area contributed by atoms with Gasteiger partial charge in [-0.2, -0.15) is 8.42 Å². The highest BCUT2D eigenvalue weighted by Crippen LogP contribution is 2.21. The molecule has 0 spiro atoms. The van der Waals surface area contributed by atoms with Crippen LogP contribution in [0.4, 0.5) is 0 Å². The number of amides is 1. The molecule has 0 aromatic heterocycles. The van der Waals surface area contributed by atoms with Crippen molar-refractivity contribution in [3.8, 4) is 0 Å². The lowest BCUT2D eigenvalue weighted by Gasteiger charge is -2.19. The lowest BCUT2D eigenvalue weighted by molar-refractivity contribution is -0.128. The topological polar surface area (TPSA) is 74.7 Å². The third-order valence-corrected chi connectivity index (χ3v) is 3.14. The second-order valence-corrected chi connectivity index (χ2v) is 4.26. The van der Waals surface area contributed by atoms with E-state index in [0.29, 0.717) is 6.54 Å². The Bertz CT molecular complexity index is 284. The van der Waals surface area contributed by atoms with Crippen LogP contribution in [0.3, 0.4) is 0 Å². The molecule has 1 unspecified atom stereocenters. The summed E-state index contributed by atoms with van der Waals surface area (Å²) in [6.07, 6.45) is 0.407. The molecule has 0 aromatic rings. The molecule has 1 saturated heterocycles. The van der Waals surface area contributed by atoms with E-state index in [9.17, 15) is 13.2 Å². The molecule has 12 heavy (non-hydrogen) atoms. The maximum Gasteiger partial charge on any atom is 0.286 e. The highest BCUT2D eigenvalue weighted by atomic mass is 32.2. The minimum absolute atomic E-state index is 0.200. The van der Waals surface area contributed by atoms with E-state index < -0.39 is 15.5 Å². The van der Waals surface area contributed by atoms with Crippen molar-refractivity contribution in [1.29, 1.82) is 0 Å². The van der Waals surface area contributed by atoms with E-state index in [4.69, 9.17) is 4.55 Å². The van der Waals surface area contributed by atoms with Crippen molar-refractivity contribution in [2.24, 2.45) is 0 Å². The van der Waals surface area contributed by atoms with Crippen molar-refractivity contribution in [3.05, 3.63) is 0 Å². The van der Waals surface area contributed by atoms with Gasteiger partial charge in [-0.05, 0) is 13.3 Å². The summed E-state index contributed by atoms with van der Waals surface area (Å²) < 4.78 is 30.1. The fourth-order valence-electron chi connectivity index (χ4n) is 1.40. The maximum atomic E-state index is 11.0. The van der Waals surface area contributed by atoms with E-state index in [-0.39, 0.29) is 18.7 Å². The van der Waals surface area contributed by atoms with Gasteiger partial charge in [-0.25, -0.2) is 0 Å². The molecule has 0 radical (unpaired) electrons. The molecule has 0 saturated carbocycles. The van der Waals surface area contributed by atoms with Gasteiger partial charge < -0.3 is 4.90 Å². The Kier molecular flexibility index (Phi) is 2.39. The van der Waals surface area contributed by atoms with Crippen molar-refractivity contribution in [1.82, 2.24) is 4.90 Å². The van der Waals surface area contributed by atoms with Crippen LogP contribution < -0.4 is 0 Å². The molecule has 1 aliphatic rings. The van der Waals surface area contributed by atoms with Gasteiger partial charge in [0.1, 0.15) is 0 Å². The van der Waals surface area contributed by atoms with Crippen molar-refractivity contribution in [2.75, 3.05) is 6.54 Å². The summed E-state index contributed by atoms with van der Waals surface area (Å²) in [5.41, 5.74) is 0. The van der Waals surface area contributed by atoms with Crippen LogP contribution in [0.5, 0.6) is 0 Å². The van der Waals surface area contributed by atoms with Crippen molar-refractivity contribution >= 4 is 16.0 Å². The van der Waals surface area contributed by atoms with Gasteiger partial charge in [0.25, 0.3) is 10.1 Å². The van der Waals surface area contributed by atoms with E-state index in [1.54, 1.807) is 6.92 Å². The van der Waals surface area contributed by atoms with Crippen LogP contribution in [-0.4, -0.2) is 35.7 Å². The average Bonchev–Trinajstić information content (AvgIpc) is 2.29. The first-order valence-electron chi connectivity index (χ1n) is 3.72. The molecule has 0 aromatic carbocycles. The van der Waals surface area contributed by atoms with Crippen LogP contribution in [0.15, 0.2) is 0 Å². The molecular formula is C6H11NO4S. The normalized spacial score (nSPS) is 25.0. The van der Waals surface area contributed by atoms with Crippen LogP contribution in [0.25, 0.3) is 0 Å².